The van der Waals surface area contributed by atoms with Crippen LogP contribution in [0.2, 0.25) is 0 Å². The zero-order chi connectivity index (χ0) is 24.5. The van der Waals surface area contributed by atoms with Gasteiger partial charge in [0, 0.05) is 12.8 Å². The second-order valence-electron chi connectivity index (χ2n) is 8.56. The Morgan fingerprint density at radius 2 is 1.00 bits per heavy atom. The summed E-state index contributed by atoms with van der Waals surface area (Å²) in [6, 6.07) is 16.6. The normalized spacial score (nSPS) is 24.8. The molecule has 0 spiro atoms. The second kappa shape index (κ2) is 12.0. The van der Waals surface area contributed by atoms with E-state index in [4.69, 9.17) is 9.47 Å². The summed E-state index contributed by atoms with van der Waals surface area (Å²) < 4.78 is 10.8. The van der Waals surface area contributed by atoms with E-state index in [1.165, 1.54) is 0 Å². The van der Waals surface area contributed by atoms with Crippen LogP contribution in [0.5, 0.6) is 0 Å². The lowest BCUT2D eigenvalue weighted by Gasteiger charge is -2.24. The molecular weight excluding hydrogens is 436 g/mol. The molecule has 2 aromatic carbocycles. The third-order valence-corrected chi connectivity index (χ3v) is 5.61. The first-order valence-electron chi connectivity index (χ1n) is 11.4. The highest BCUT2D eigenvalue weighted by molar-refractivity contribution is 5.88. The van der Waals surface area contributed by atoms with Crippen molar-refractivity contribution in [3.05, 3.63) is 71.8 Å². The van der Waals surface area contributed by atoms with E-state index in [9.17, 15) is 19.2 Å². The van der Waals surface area contributed by atoms with Gasteiger partial charge in [0.15, 0.2) is 0 Å². The maximum Gasteiger partial charge on any atom is 0.329 e. The van der Waals surface area contributed by atoms with Gasteiger partial charge in [0.1, 0.15) is 25.3 Å². The zero-order valence-corrected chi connectivity index (χ0v) is 19.4. The predicted octanol–water partition coefficient (Wildman–Crippen LogP) is 1.81. The third-order valence-electron chi connectivity index (χ3n) is 5.61. The minimum absolute atomic E-state index is 0.186. The predicted molar refractivity (Wildman–Crippen MR) is 124 cm³/mol. The summed E-state index contributed by atoms with van der Waals surface area (Å²) in [5.74, 6) is -3.52. The maximum atomic E-state index is 12.8. The number of hydrogen-bond donors (Lipinski definition) is 2. The summed E-state index contributed by atoms with van der Waals surface area (Å²) in [5, 5.41) is 5.41. The highest BCUT2D eigenvalue weighted by Gasteiger charge is 2.30. The van der Waals surface area contributed by atoms with E-state index in [1.807, 2.05) is 60.7 Å². The van der Waals surface area contributed by atoms with Crippen LogP contribution in [0.15, 0.2) is 60.7 Å². The van der Waals surface area contributed by atoms with Gasteiger partial charge in [-0.15, -0.1) is 0 Å². The Bertz CT molecular complexity index is 913. The SMILES string of the molecule is C[C@H]1COC(=O)[C@H](Cc2ccccc2)NC(=O)[C@@H](C)COC(=O)[C@H](Cc2ccccc2)NC1=O. The lowest BCUT2D eigenvalue weighted by molar-refractivity contribution is -0.155. The van der Waals surface area contributed by atoms with Crippen molar-refractivity contribution >= 4 is 23.8 Å². The Hall–Kier alpha value is -3.68. The van der Waals surface area contributed by atoms with Crippen LogP contribution in [0.1, 0.15) is 25.0 Å². The lowest BCUT2D eigenvalue weighted by atomic mass is 10.0. The fraction of sp³-hybridized carbons (Fsp3) is 0.385. The first-order chi connectivity index (χ1) is 16.3. The molecule has 0 unspecified atom stereocenters. The van der Waals surface area contributed by atoms with Crippen LogP contribution >= 0.6 is 0 Å². The Kier molecular flexibility index (Phi) is 8.79. The van der Waals surface area contributed by atoms with Crippen LogP contribution in [0.4, 0.5) is 0 Å². The molecule has 34 heavy (non-hydrogen) atoms. The number of nitrogens with one attached hydrogen (secondary N) is 2. The van der Waals surface area contributed by atoms with E-state index in [0.29, 0.717) is 0 Å². The van der Waals surface area contributed by atoms with Gasteiger partial charge < -0.3 is 20.1 Å². The molecule has 4 atom stereocenters. The summed E-state index contributed by atoms with van der Waals surface area (Å²) in [5.41, 5.74) is 1.69. The molecule has 2 aromatic rings. The highest BCUT2D eigenvalue weighted by atomic mass is 16.5. The van der Waals surface area contributed by atoms with Crippen LogP contribution in [0.25, 0.3) is 0 Å². The van der Waals surface area contributed by atoms with Crippen LogP contribution in [-0.4, -0.2) is 49.1 Å². The number of amides is 2. The van der Waals surface area contributed by atoms with Crippen molar-refractivity contribution in [1.29, 1.82) is 0 Å². The summed E-state index contributed by atoms with van der Waals surface area (Å²) >= 11 is 0. The van der Waals surface area contributed by atoms with Gasteiger partial charge in [-0.25, -0.2) is 9.59 Å². The number of cyclic esters (lactones) is 2. The average molecular weight is 467 g/mol. The number of benzene rings is 2. The largest absolute Gasteiger partial charge is 0.463 e. The van der Waals surface area contributed by atoms with Gasteiger partial charge in [-0.2, -0.15) is 0 Å². The summed E-state index contributed by atoms with van der Waals surface area (Å²) in [6.07, 6.45) is 0.468. The molecule has 1 fully saturated rings. The van der Waals surface area contributed by atoms with Crippen molar-refractivity contribution in [1.82, 2.24) is 10.6 Å². The van der Waals surface area contributed by atoms with Gasteiger partial charge in [0.2, 0.25) is 11.8 Å². The Balaban J connectivity index is 1.77. The maximum absolute atomic E-state index is 12.8. The van der Waals surface area contributed by atoms with Crippen LogP contribution < -0.4 is 10.6 Å². The minimum Gasteiger partial charge on any atom is -0.463 e. The molecular formula is C26H30N2O6. The topological polar surface area (TPSA) is 111 Å². The summed E-state index contributed by atoms with van der Waals surface area (Å²) in [7, 11) is 0. The van der Waals surface area contributed by atoms with Gasteiger partial charge in [-0.1, -0.05) is 74.5 Å². The molecule has 2 N–H and O–H groups in total. The van der Waals surface area contributed by atoms with Crippen molar-refractivity contribution in [2.45, 2.75) is 38.8 Å². The van der Waals surface area contributed by atoms with Crippen molar-refractivity contribution in [2.24, 2.45) is 11.8 Å². The van der Waals surface area contributed by atoms with Gasteiger partial charge in [-0.05, 0) is 11.1 Å². The van der Waals surface area contributed by atoms with Gasteiger partial charge in [0.25, 0.3) is 0 Å². The standard InChI is InChI=1S/C26H30N2O6/c1-17-15-33-25(31)22(14-20-11-7-4-8-12-20)28-24(30)18(2)16-34-26(32)21(27-23(17)29)13-19-9-5-3-6-10-19/h3-12,17-18,21-22H,13-16H2,1-2H3,(H,27,29)(H,28,30)/t17-,18-,21-,22-/m0/s1. The second-order valence-corrected chi connectivity index (χ2v) is 8.56. The zero-order valence-electron chi connectivity index (χ0n) is 19.4. The molecule has 1 aliphatic heterocycles. The van der Waals surface area contributed by atoms with Crippen molar-refractivity contribution in [3.8, 4) is 0 Å². The smallest absolute Gasteiger partial charge is 0.329 e. The molecule has 8 heteroatoms. The van der Waals surface area contributed by atoms with E-state index in [1.54, 1.807) is 13.8 Å². The monoisotopic (exact) mass is 466 g/mol. The molecule has 1 aliphatic rings. The fourth-order valence-corrected chi connectivity index (χ4v) is 3.48. The van der Waals surface area contributed by atoms with Gasteiger partial charge in [-0.3, -0.25) is 9.59 Å². The number of ether oxygens (including phenoxy) is 2. The Morgan fingerprint density at radius 1 is 0.647 bits per heavy atom. The highest BCUT2D eigenvalue weighted by Crippen LogP contribution is 2.11. The van der Waals surface area contributed by atoms with Crippen LogP contribution in [-0.2, 0) is 41.5 Å². The molecule has 1 heterocycles. The Morgan fingerprint density at radius 3 is 1.35 bits per heavy atom. The molecule has 0 radical (unpaired) electrons. The van der Waals surface area contributed by atoms with E-state index in [0.717, 1.165) is 11.1 Å². The number of rotatable bonds is 4. The molecule has 0 aromatic heterocycles. The molecule has 8 nitrogen and oxygen atoms in total. The van der Waals surface area contributed by atoms with Gasteiger partial charge >= 0.3 is 11.9 Å². The summed E-state index contributed by atoms with van der Waals surface area (Å²) in [6.45, 7) is 2.83. The van der Waals surface area contributed by atoms with Crippen molar-refractivity contribution < 1.29 is 28.7 Å². The van der Waals surface area contributed by atoms with Crippen LogP contribution in [0.3, 0.4) is 0 Å². The number of carbonyl (C=O) groups excluding carboxylic acids is 4. The van der Waals surface area contributed by atoms with E-state index >= 15 is 0 Å². The van der Waals surface area contributed by atoms with E-state index in [2.05, 4.69) is 10.6 Å². The molecule has 0 aliphatic carbocycles. The fourth-order valence-electron chi connectivity index (χ4n) is 3.48. The first kappa shape index (κ1) is 25.0. The Labute approximate surface area is 199 Å². The van der Waals surface area contributed by atoms with E-state index < -0.39 is 47.7 Å². The summed E-state index contributed by atoms with van der Waals surface area (Å²) in [4.78, 5) is 51.1. The van der Waals surface area contributed by atoms with Crippen molar-refractivity contribution in [3.63, 3.8) is 0 Å². The third kappa shape index (κ3) is 7.16. The number of hydrogen-bond acceptors (Lipinski definition) is 6. The van der Waals surface area contributed by atoms with Crippen molar-refractivity contribution in [2.75, 3.05) is 13.2 Å². The first-order valence-corrected chi connectivity index (χ1v) is 11.4. The van der Waals surface area contributed by atoms with Crippen LogP contribution in [0, 0.1) is 11.8 Å². The molecule has 180 valence electrons. The number of carbonyl (C=O) groups is 4. The molecule has 0 bridgehead atoms. The molecule has 1 saturated heterocycles. The van der Waals surface area contributed by atoms with Gasteiger partial charge in [0.05, 0.1) is 11.8 Å². The van der Waals surface area contributed by atoms with E-state index in [-0.39, 0.29) is 26.1 Å². The quantitative estimate of drug-likeness (QED) is 0.665. The number of esters is 2. The molecule has 2 amide bonds. The molecule has 3 rings (SSSR count). The molecule has 0 saturated carbocycles. The lowest BCUT2D eigenvalue weighted by Crippen LogP contribution is -2.49. The minimum atomic E-state index is -0.933. The average Bonchev–Trinajstić information content (AvgIpc) is 2.85.